The fourth-order valence-electron chi connectivity index (χ4n) is 1.47. The van der Waals surface area contributed by atoms with Gasteiger partial charge < -0.3 is 5.32 Å². The molecule has 1 aromatic rings. The third-order valence-corrected chi connectivity index (χ3v) is 3.80. The third-order valence-electron chi connectivity index (χ3n) is 2.44. The zero-order chi connectivity index (χ0) is 13.6. The quantitative estimate of drug-likeness (QED) is 0.646. The van der Waals surface area contributed by atoms with Crippen molar-refractivity contribution in [3.63, 3.8) is 0 Å². The summed E-state index contributed by atoms with van der Waals surface area (Å²) in [6, 6.07) is 5.69. The minimum Gasteiger partial charge on any atom is -0.352 e. The Bertz CT molecular complexity index is 514. The summed E-state index contributed by atoms with van der Waals surface area (Å²) in [6.07, 6.45) is 3.04. The first-order valence-electron chi connectivity index (χ1n) is 5.78. The van der Waals surface area contributed by atoms with Crippen molar-refractivity contribution in [1.82, 2.24) is 5.32 Å². The van der Waals surface area contributed by atoms with E-state index in [0.717, 1.165) is 19.3 Å². The summed E-state index contributed by atoms with van der Waals surface area (Å²) in [5.41, 5.74) is 0.299. The number of carbonyl (C=O) groups excluding carboxylic acids is 1. The number of unbranched alkanes of at least 4 members (excludes halogenated alkanes) is 2. The van der Waals surface area contributed by atoms with Gasteiger partial charge in [-0.3, -0.25) is 4.79 Å². The van der Waals surface area contributed by atoms with Crippen molar-refractivity contribution in [3.8, 4) is 0 Å². The summed E-state index contributed by atoms with van der Waals surface area (Å²) in [5.74, 6) is -0.284. The van der Waals surface area contributed by atoms with Gasteiger partial charge in [0.05, 0.1) is 4.90 Å². The summed E-state index contributed by atoms with van der Waals surface area (Å²) in [7, 11) is 1.43. The van der Waals surface area contributed by atoms with Gasteiger partial charge in [-0.05, 0) is 24.6 Å². The van der Waals surface area contributed by atoms with Crippen LogP contribution in [0.2, 0.25) is 0 Å². The Morgan fingerprint density at radius 1 is 1.33 bits per heavy atom. The first-order valence-corrected chi connectivity index (χ1v) is 8.09. The lowest BCUT2D eigenvalue weighted by atomic mass is 10.2. The molecule has 0 aliphatic rings. The number of hydrogen-bond acceptors (Lipinski definition) is 3. The van der Waals surface area contributed by atoms with Crippen LogP contribution in [0.3, 0.4) is 0 Å². The molecule has 0 aliphatic carbocycles. The molecule has 100 valence electrons. The number of amides is 1. The van der Waals surface area contributed by atoms with Crippen LogP contribution >= 0.6 is 10.7 Å². The highest BCUT2D eigenvalue weighted by molar-refractivity contribution is 8.13. The second kappa shape index (κ2) is 6.75. The number of halogens is 1. The lowest BCUT2D eigenvalue weighted by Gasteiger charge is -2.05. The average molecular weight is 290 g/mol. The highest BCUT2D eigenvalue weighted by Crippen LogP contribution is 2.16. The van der Waals surface area contributed by atoms with Gasteiger partial charge in [-0.2, -0.15) is 0 Å². The molecule has 0 fully saturated rings. The molecular weight excluding hydrogens is 274 g/mol. The van der Waals surface area contributed by atoms with E-state index in [4.69, 9.17) is 10.7 Å². The maximum absolute atomic E-state index is 11.7. The van der Waals surface area contributed by atoms with E-state index in [2.05, 4.69) is 12.2 Å². The van der Waals surface area contributed by atoms with E-state index < -0.39 is 9.05 Å². The topological polar surface area (TPSA) is 63.2 Å². The van der Waals surface area contributed by atoms with Gasteiger partial charge in [0, 0.05) is 22.8 Å². The average Bonchev–Trinajstić information content (AvgIpc) is 2.33. The predicted molar refractivity (Wildman–Crippen MR) is 71.3 cm³/mol. The van der Waals surface area contributed by atoms with Crippen LogP contribution in [0.5, 0.6) is 0 Å². The van der Waals surface area contributed by atoms with Crippen LogP contribution in [0.15, 0.2) is 29.2 Å². The molecule has 4 nitrogen and oxygen atoms in total. The highest BCUT2D eigenvalue weighted by Gasteiger charge is 2.12. The Morgan fingerprint density at radius 3 is 2.67 bits per heavy atom. The summed E-state index contributed by atoms with van der Waals surface area (Å²) in [4.78, 5) is 11.7. The van der Waals surface area contributed by atoms with Crippen molar-refractivity contribution in [1.29, 1.82) is 0 Å². The van der Waals surface area contributed by atoms with Crippen LogP contribution in [0.1, 0.15) is 36.5 Å². The van der Waals surface area contributed by atoms with E-state index in [-0.39, 0.29) is 10.8 Å². The highest BCUT2D eigenvalue weighted by atomic mass is 35.7. The van der Waals surface area contributed by atoms with E-state index in [1.165, 1.54) is 18.2 Å². The maximum atomic E-state index is 11.7. The lowest BCUT2D eigenvalue weighted by Crippen LogP contribution is -2.24. The van der Waals surface area contributed by atoms with Gasteiger partial charge in [0.2, 0.25) is 0 Å². The van der Waals surface area contributed by atoms with E-state index in [1.807, 2.05) is 0 Å². The maximum Gasteiger partial charge on any atom is 0.261 e. The van der Waals surface area contributed by atoms with E-state index in [9.17, 15) is 13.2 Å². The minimum atomic E-state index is -3.80. The second-order valence-electron chi connectivity index (χ2n) is 3.93. The number of hydrogen-bond donors (Lipinski definition) is 1. The number of rotatable bonds is 6. The van der Waals surface area contributed by atoms with Gasteiger partial charge in [0.25, 0.3) is 15.0 Å². The molecule has 0 aromatic heterocycles. The van der Waals surface area contributed by atoms with Crippen LogP contribution in [0, 0.1) is 0 Å². The minimum absolute atomic E-state index is 0.0645. The standard InChI is InChI=1S/C12H16ClNO3S/c1-2-3-4-8-14-12(15)10-6-5-7-11(9-10)18(13,16)17/h5-7,9H,2-4,8H2,1H3,(H,14,15). The molecule has 1 aromatic carbocycles. The monoisotopic (exact) mass is 289 g/mol. The van der Waals surface area contributed by atoms with E-state index >= 15 is 0 Å². The molecule has 0 aliphatic heterocycles. The zero-order valence-corrected chi connectivity index (χ0v) is 11.7. The molecule has 6 heteroatoms. The number of nitrogens with one attached hydrogen (secondary N) is 1. The summed E-state index contributed by atoms with van der Waals surface area (Å²) >= 11 is 0. The molecule has 1 amide bonds. The van der Waals surface area contributed by atoms with Crippen LogP contribution in [-0.2, 0) is 9.05 Å². The first-order chi connectivity index (χ1) is 8.45. The Labute approximate surface area is 112 Å². The van der Waals surface area contributed by atoms with Gasteiger partial charge in [0.15, 0.2) is 0 Å². The molecule has 18 heavy (non-hydrogen) atoms. The van der Waals surface area contributed by atoms with Crippen molar-refractivity contribution < 1.29 is 13.2 Å². The molecular formula is C12H16ClNO3S. The molecule has 0 saturated carbocycles. The predicted octanol–water partition coefficient (Wildman–Crippen LogP) is 2.53. The van der Waals surface area contributed by atoms with Gasteiger partial charge in [-0.25, -0.2) is 8.42 Å². The lowest BCUT2D eigenvalue weighted by molar-refractivity contribution is 0.0952. The third kappa shape index (κ3) is 4.66. The molecule has 0 heterocycles. The van der Waals surface area contributed by atoms with Gasteiger partial charge >= 0.3 is 0 Å². The molecule has 0 unspecified atom stereocenters. The number of carbonyl (C=O) groups is 1. The summed E-state index contributed by atoms with van der Waals surface area (Å²) in [6.45, 7) is 2.67. The van der Waals surface area contributed by atoms with Crippen molar-refractivity contribution in [3.05, 3.63) is 29.8 Å². The molecule has 0 atom stereocenters. The van der Waals surface area contributed by atoms with Gasteiger partial charge in [-0.15, -0.1) is 0 Å². The first kappa shape index (κ1) is 15.0. The van der Waals surface area contributed by atoms with Crippen LogP contribution in [0.4, 0.5) is 0 Å². The SMILES string of the molecule is CCCCCNC(=O)c1cccc(S(=O)(=O)Cl)c1. The molecule has 1 N–H and O–H groups in total. The largest absolute Gasteiger partial charge is 0.352 e. The normalized spacial score (nSPS) is 11.2. The Morgan fingerprint density at radius 2 is 2.06 bits per heavy atom. The second-order valence-corrected chi connectivity index (χ2v) is 6.49. The summed E-state index contributed by atoms with van der Waals surface area (Å²) in [5, 5.41) is 2.74. The van der Waals surface area contributed by atoms with Crippen LogP contribution in [-0.4, -0.2) is 20.9 Å². The van der Waals surface area contributed by atoms with Crippen molar-refractivity contribution in [2.24, 2.45) is 0 Å². The Hall–Kier alpha value is -1.07. The molecule has 0 radical (unpaired) electrons. The van der Waals surface area contributed by atoms with Gasteiger partial charge in [0.1, 0.15) is 0 Å². The molecule has 0 bridgehead atoms. The Balaban J connectivity index is 2.69. The van der Waals surface area contributed by atoms with Crippen LogP contribution < -0.4 is 5.32 Å². The van der Waals surface area contributed by atoms with Gasteiger partial charge in [-0.1, -0.05) is 25.8 Å². The smallest absolute Gasteiger partial charge is 0.261 e. The summed E-state index contributed by atoms with van der Waals surface area (Å²) < 4.78 is 22.3. The van der Waals surface area contributed by atoms with E-state index in [1.54, 1.807) is 6.07 Å². The zero-order valence-electron chi connectivity index (χ0n) is 10.1. The van der Waals surface area contributed by atoms with Crippen LogP contribution in [0.25, 0.3) is 0 Å². The fourth-order valence-corrected chi connectivity index (χ4v) is 2.26. The molecule has 1 rings (SSSR count). The van der Waals surface area contributed by atoms with Crippen molar-refractivity contribution >= 4 is 25.6 Å². The van der Waals surface area contributed by atoms with Crippen molar-refractivity contribution in [2.45, 2.75) is 31.1 Å². The fraction of sp³-hybridized carbons (Fsp3) is 0.417. The number of benzene rings is 1. The molecule has 0 saturated heterocycles. The van der Waals surface area contributed by atoms with Crippen molar-refractivity contribution in [2.75, 3.05) is 6.54 Å². The Kier molecular flexibility index (Phi) is 5.62. The van der Waals surface area contributed by atoms with E-state index in [0.29, 0.717) is 12.1 Å². The molecule has 0 spiro atoms.